The first kappa shape index (κ1) is 14.7. The van der Waals surface area contributed by atoms with Gasteiger partial charge in [0.25, 0.3) is 0 Å². The van der Waals surface area contributed by atoms with Crippen LogP contribution in [-0.2, 0) is 0 Å². The molecular formula is C16H24N2O2. The van der Waals surface area contributed by atoms with Crippen molar-refractivity contribution in [2.24, 2.45) is 0 Å². The van der Waals surface area contributed by atoms with E-state index in [9.17, 15) is 4.79 Å². The van der Waals surface area contributed by atoms with Crippen molar-refractivity contribution in [2.75, 3.05) is 19.7 Å². The van der Waals surface area contributed by atoms with Crippen LogP contribution >= 0.6 is 0 Å². The average molecular weight is 276 g/mol. The van der Waals surface area contributed by atoms with Gasteiger partial charge in [0.1, 0.15) is 12.4 Å². The summed E-state index contributed by atoms with van der Waals surface area (Å²) in [5.41, 5.74) is 1.17. The van der Waals surface area contributed by atoms with Gasteiger partial charge in [0.2, 0.25) is 0 Å². The molecule has 4 heteroatoms. The van der Waals surface area contributed by atoms with Crippen molar-refractivity contribution in [3.8, 4) is 5.75 Å². The summed E-state index contributed by atoms with van der Waals surface area (Å²) in [5.74, 6) is 0.852. The molecule has 0 bridgehead atoms. The van der Waals surface area contributed by atoms with Crippen molar-refractivity contribution in [3.63, 3.8) is 0 Å². The lowest BCUT2D eigenvalue weighted by Crippen LogP contribution is -2.48. The first-order valence-electron chi connectivity index (χ1n) is 7.41. The maximum atomic E-state index is 12.0. The van der Waals surface area contributed by atoms with Crippen LogP contribution in [0.5, 0.6) is 5.75 Å². The Hall–Kier alpha value is -1.71. The Morgan fingerprint density at radius 2 is 2.30 bits per heavy atom. The van der Waals surface area contributed by atoms with Crippen molar-refractivity contribution < 1.29 is 9.53 Å². The van der Waals surface area contributed by atoms with Crippen molar-refractivity contribution >= 4 is 6.03 Å². The van der Waals surface area contributed by atoms with Gasteiger partial charge in [0, 0.05) is 12.6 Å². The number of ether oxygens (including phenoxy) is 1. The summed E-state index contributed by atoms with van der Waals surface area (Å²) in [4.78, 5) is 14.0. The van der Waals surface area contributed by atoms with Crippen LogP contribution in [0.1, 0.15) is 31.7 Å². The number of likely N-dealkylation sites (tertiary alicyclic amines) is 1. The lowest BCUT2D eigenvalue weighted by atomic mass is 10.0. The number of carbonyl (C=O) groups is 1. The molecule has 1 aromatic carbocycles. The molecule has 1 aromatic rings. The molecule has 1 heterocycles. The van der Waals surface area contributed by atoms with Gasteiger partial charge in [-0.1, -0.05) is 12.1 Å². The zero-order valence-electron chi connectivity index (χ0n) is 12.4. The predicted octanol–water partition coefficient (Wildman–Crippen LogP) is 2.96. The van der Waals surface area contributed by atoms with Gasteiger partial charge in [-0.25, -0.2) is 4.79 Å². The van der Waals surface area contributed by atoms with Crippen LogP contribution in [0.15, 0.2) is 24.3 Å². The molecule has 4 nitrogen and oxygen atoms in total. The Labute approximate surface area is 121 Å². The van der Waals surface area contributed by atoms with Gasteiger partial charge >= 0.3 is 6.03 Å². The van der Waals surface area contributed by atoms with Gasteiger partial charge < -0.3 is 15.0 Å². The molecule has 1 saturated heterocycles. The van der Waals surface area contributed by atoms with E-state index in [0.29, 0.717) is 19.2 Å². The fraction of sp³-hybridized carbons (Fsp3) is 0.562. The number of hydrogen-bond donors (Lipinski definition) is 1. The Kier molecular flexibility index (Phi) is 5.27. The Bertz CT molecular complexity index is 448. The number of nitrogens with one attached hydrogen (secondary N) is 1. The molecule has 110 valence electrons. The maximum Gasteiger partial charge on any atom is 0.317 e. The molecule has 0 aliphatic carbocycles. The van der Waals surface area contributed by atoms with Crippen LogP contribution < -0.4 is 10.1 Å². The largest absolute Gasteiger partial charge is 0.492 e. The molecule has 2 amide bonds. The molecule has 0 aromatic heterocycles. The van der Waals surface area contributed by atoms with Crippen LogP contribution in [0.25, 0.3) is 0 Å². The van der Waals surface area contributed by atoms with Crippen LogP contribution in [0.2, 0.25) is 0 Å². The van der Waals surface area contributed by atoms with Gasteiger partial charge in [-0.2, -0.15) is 0 Å². The minimum atomic E-state index is 0.0324. The van der Waals surface area contributed by atoms with Crippen LogP contribution in [0.3, 0.4) is 0 Å². The normalized spacial score (nSPS) is 18.7. The summed E-state index contributed by atoms with van der Waals surface area (Å²) in [6.45, 7) is 6.05. The first-order chi connectivity index (χ1) is 9.66. The summed E-state index contributed by atoms with van der Waals surface area (Å²) in [6.07, 6.45) is 3.44. The van der Waals surface area contributed by atoms with E-state index in [1.165, 1.54) is 12.0 Å². The van der Waals surface area contributed by atoms with E-state index in [4.69, 9.17) is 4.74 Å². The smallest absolute Gasteiger partial charge is 0.317 e. The van der Waals surface area contributed by atoms with E-state index in [1.54, 1.807) is 0 Å². The summed E-state index contributed by atoms with van der Waals surface area (Å²) >= 11 is 0. The quantitative estimate of drug-likeness (QED) is 0.859. The van der Waals surface area contributed by atoms with E-state index >= 15 is 0 Å². The molecule has 1 fully saturated rings. The van der Waals surface area contributed by atoms with E-state index < -0.39 is 0 Å². The molecule has 0 saturated carbocycles. The topological polar surface area (TPSA) is 41.6 Å². The highest BCUT2D eigenvalue weighted by atomic mass is 16.5. The number of piperidine rings is 1. The highest BCUT2D eigenvalue weighted by Gasteiger charge is 2.22. The zero-order chi connectivity index (χ0) is 14.4. The molecule has 1 atom stereocenters. The summed E-state index contributed by atoms with van der Waals surface area (Å²) in [6, 6.07) is 8.31. The molecule has 2 rings (SSSR count). The lowest BCUT2D eigenvalue weighted by molar-refractivity contribution is 0.156. The second kappa shape index (κ2) is 7.17. The lowest BCUT2D eigenvalue weighted by Gasteiger charge is -2.33. The standard InChI is InChI=1S/C16H24N2O2/c1-13-6-5-8-15(12-13)20-11-9-17-16(19)18-10-4-3-7-14(18)2/h5-6,8,12,14H,3-4,7,9-11H2,1-2H3,(H,17,19). The predicted molar refractivity (Wildman–Crippen MR) is 80.1 cm³/mol. The Morgan fingerprint density at radius 1 is 1.45 bits per heavy atom. The van der Waals surface area contributed by atoms with Crippen LogP contribution in [-0.4, -0.2) is 36.7 Å². The highest BCUT2D eigenvalue weighted by Crippen LogP contribution is 2.16. The van der Waals surface area contributed by atoms with E-state index in [0.717, 1.165) is 25.1 Å². The van der Waals surface area contributed by atoms with Crippen molar-refractivity contribution in [3.05, 3.63) is 29.8 Å². The summed E-state index contributed by atoms with van der Waals surface area (Å²) < 4.78 is 5.62. The van der Waals surface area contributed by atoms with E-state index in [-0.39, 0.29) is 6.03 Å². The fourth-order valence-electron chi connectivity index (χ4n) is 2.53. The molecule has 1 N–H and O–H groups in total. The van der Waals surface area contributed by atoms with Gasteiger partial charge in [0.15, 0.2) is 0 Å². The third-order valence-corrected chi connectivity index (χ3v) is 3.70. The van der Waals surface area contributed by atoms with Crippen molar-refractivity contribution in [1.82, 2.24) is 10.2 Å². The third kappa shape index (κ3) is 4.15. The van der Waals surface area contributed by atoms with Gasteiger partial charge in [-0.3, -0.25) is 0 Å². The molecule has 1 aliphatic rings. The SMILES string of the molecule is Cc1cccc(OCCNC(=O)N2CCCCC2C)c1. The molecular weight excluding hydrogens is 252 g/mol. The van der Waals surface area contributed by atoms with Gasteiger partial charge in [-0.15, -0.1) is 0 Å². The molecule has 1 aliphatic heterocycles. The molecule has 0 spiro atoms. The highest BCUT2D eigenvalue weighted by molar-refractivity contribution is 5.74. The number of aryl methyl sites for hydroxylation is 1. The number of amides is 2. The number of urea groups is 1. The minimum absolute atomic E-state index is 0.0324. The third-order valence-electron chi connectivity index (χ3n) is 3.70. The van der Waals surface area contributed by atoms with Gasteiger partial charge in [0.05, 0.1) is 6.54 Å². The molecule has 0 radical (unpaired) electrons. The number of benzene rings is 1. The summed E-state index contributed by atoms with van der Waals surface area (Å²) in [7, 11) is 0. The minimum Gasteiger partial charge on any atom is -0.492 e. The van der Waals surface area contributed by atoms with Crippen molar-refractivity contribution in [2.45, 2.75) is 39.2 Å². The average Bonchev–Trinajstić information content (AvgIpc) is 2.44. The molecule has 1 unspecified atom stereocenters. The monoisotopic (exact) mass is 276 g/mol. The van der Waals surface area contributed by atoms with Crippen molar-refractivity contribution in [1.29, 1.82) is 0 Å². The first-order valence-corrected chi connectivity index (χ1v) is 7.41. The Morgan fingerprint density at radius 3 is 3.05 bits per heavy atom. The number of rotatable bonds is 4. The Balaban J connectivity index is 1.69. The van der Waals surface area contributed by atoms with E-state index in [2.05, 4.69) is 12.2 Å². The molecule has 20 heavy (non-hydrogen) atoms. The van der Waals surface area contributed by atoms with Gasteiger partial charge in [-0.05, 0) is 50.8 Å². The summed E-state index contributed by atoms with van der Waals surface area (Å²) in [5, 5.41) is 2.93. The zero-order valence-corrected chi connectivity index (χ0v) is 12.4. The number of hydrogen-bond acceptors (Lipinski definition) is 2. The second-order valence-electron chi connectivity index (χ2n) is 5.44. The van der Waals surface area contributed by atoms with Crippen LogP contribution in [0.4, 0.5) is 4.79 Å². The second-order valence-corrected chi connectivity index (χ2v) is 5.44. The number of nitrogens with zero attached hydrogens (tertiary/aromatic N) is 1. The maximum absolute atomic E-state index is 12.0. The number of carbonyl (C=O) groups excluding carboxylic acids is 1. The van der Waals surface area contributed by atoms with Crippen LogP contribution in [0, 0.1) is 6.92 Å². The van der Waals surface area contributed by atoms with E-state index in [1.807, 2.05) is 36.1 Å². The fourth-order valence-corrected chi connectivity index (χ4v) is 2.53.